The Balaban J connectivity index is 2.69. The molecule has 0 aliphatic heterocycles. The number of nitrogens with one attached hydrogen (secondary N) is 1. The standard InChI is InChI=1S/C9H8ClNO/c10-8-4-1-2-5-9(8)11-6-3-7-12/h1-7,11H/b6-3+. The molecule has 1 aromatic rings. The van der Waals surface area contributed by atoms with Crippen LogP contribution < -0.4 is 5.32 Å². The molecule has 12 heavy (non-hydrogen) atoms. The van der Waals surface area contributed by atoms with Crippen molar-refractivity contribution in [3.8, 4) is 0 Å². The summed E-state index contributed by atoms with van der Waals surface area (Å²) in [5.74, 6) is 0. The van der Waals surface area contributed by atoms with Crippen molar-refractivity contribution in [1.29, 1.82) is 0 Å². The molecule has 0 saturated heterocycles. The van der Waals surface area contributed by atoms with E-state index in [0.717, 1.165) is 5.69 Å². The predicted octanol–water partition coefficient (Wildman–Crippen LogP) is 2.46. The van der Waals surface area contributed by atoms with Crippen LogP contribution in [0.3, 0.4) is 0 Å². The van der Waals surface area contributed by atoms with E-state index in [1.54, 1.807) is 6.07 Å². The minimum Gasteiger partial charge on any atom is -0.360 e. The molecular formula is C9H8ClNO. The Morgan fingerprint density at radius 2 is 2.08 bits per heavy atom. The van der Waals surface area contributed by atoms with Crippen molar-refractivity contribution in [1.82, 2.24) is 0 Å². The van der Waals surface area contributed by atoms with Gasteiger partial charge in [0.25, 0.3) is 0 Å². The van der Waals surface area contributed by atoms with Crippen LogP contribution in [0.5, 0.6) is 0 Å². The second-order valence-electron chi connectivity index (χ2n) is 2.12. The topological polar surface area (TPSA) is 29.1 Å². The SMILES string of the molecule is O=C/C=C/Nc1ccccc1Cl. The largest absolute Gasteiger partial charge is 0.360 e. The van der Waals surface area contributed by atoms with E-state index in [2.05, 4.69) is 5.32 Å². The van der Waals surface area contributed by atoms with Crippen molar-refractivity contribution < 1.29 is 4.79 Å². The zero-order chi connectivity index (χ0) is 8.81. The molecule has 0 amide bonds. The molecule has 2 nitrogen and oxygen atoms in total. The first-order valence-corrected chi connectivity index (χ1v) is 3.84. The van der Waals surface area contributed by atoms with Crippen LogP contribution in [0.15, 0.2) is 36.5 Å². The van der Waals surface area contributed by atoms with Crippen molar-refractivity contribution >= 4 is 23.6 Å². The lowest BCUT2D eigenvalue weighted by molar-refractivity contribution is -0.104. The first-order valence-electron chi connectivity index (χ1n) is 3.46. The van der Waals surface area contributed by atoms with Gasteiger partial charge in [-0.15, -0.1) is 0 Å². The van der Waals surface area contributed by atoms with Crippen molar-refractivity contribution in [2.24, 2.45) is 0 Å². The van der Waals surface area contributed by atoms with E-state index >= 15 is 0 Å². The van der Waals surface area contributed by atoms with Crippen LogP contribution in [0, 0.1) is 0 Å². The molecule has 1 N–H and O–H groups in total. The Hall–Kier alpha value is -1.28. The summed E-state index contributed by atoms with van der Waals surface area (Å²) >= 11 is 5.82. The summed E-state index contributed by atoms with van der Waals surface area (Å²) in [7, 11) is 0. The number of hydrogen-bond donors (Lipinski definition) is 1. The van der Waals surface area contributed by atoms with Crippen molar-refractivity contribution in [3.05, 3.63) is 41.6 Å². The van der Waals surface area contributed by atoms with Crippen LogP contribution in [0.1, 0.15) is 0 Å². The van der Waals surface area contributed by atoms with Gasteiger partial charge in [0.2, 0.25) is 0 Å². The highest BCUT2D eigenvalue weighted by atomic mass is 35.5. The number of allylic oxidation sites excluding steroid dienone is 1. The fourth-order valence-electron chi connectivity index (χ4n) is 0.755. The molecule has 0 heterocycles. The number of carbonyl (C=O) groups excluding carboxylic acids is 1. The van der Waals surface area contributed by atoms with Gasteiger partial charge >= 0.3 is 0 Å². The minimum absolute atomic E-state index is 0.632. The van der Waals surface area contributed by atoms with Crippen molar-refractivity contribution in [2.75, 3.05) is 5.32 Å². The van der Waals surface area contributed by atoms with Gasteiger partial charge in [-0.1, -0.05) is 23.7 Å². The Morgan fingerprint density at radius 3 is 2.75 bits per heavy atom. The van der Waals surface area contributed by atoms with Gasteiger partial charge in [0.15, 0.2) is 0 Å². The number of aldehydes is 1. The number of halogens is 1. The third kappa shape index (κ3) is 2.40. The van der Waals surface area contributed by atoms with E-state index in [1.165, 1.54) is 12.3 Å². The molecule has 3 heteroatoms. The van der Waals surface area contributed by atoms with E-state index in [4.69, 9.17) is 11.6 Å². The van der Waals surface area contributed by atoms with E-state index in [9.17, 15) is 4.79 Å². The smallest absolute Gasteiger partial charge is 0.144 e. The summed E-state index contributed by atoms with van der Waals surface area (Å²) < 4.78 is 0. The highest BCUT2D eigenvalue weighted by Gasteiger charge is 1.92. The van der Waals surface area contributed by atoms with Gasteiger partial charge in [-0.2, -0.15) is 0 Å². The third-order valence-electron chi connectivity index (χ3n) is 1.29. The second-order valence-corrected chi connectivity index (χ2v) is 2.53. The Kier molecular flexibility index (Phi) is 3.35. The zero-order valence-corrected chi connectivity index (χ0v) is 7.08. The molecule has 0 atom stereocenters. The normalized spacial score (nSPS) is 10.1. The average molecular weight is 182 g/mol. The van der Waals surface area contributed by atoms with Crippen LogP contribution in [-0.4, -0.2) is 6.29 Å². The van der Waals surface area contributed by atoms with Crippen molar-refractivity contribution in [2.45, 2.75) is 0 Å². The number of carbonyl (C=O) groups is 1. The minimum atomic E-state index is 0.632. The van der Waals surface area contributed by atoms with E-state index in [-0.39, 0.29) is 0 Å². The lowest BCUT2D eigenvalue weighted by Crippen LogP contribution is -1.87. The second kappa shape index (κ2) is 4.57. The van der Waals surface area contributed by atoms with Crippen LogP contribution in [-0.2, 0) is 4.79 Å². The van der Waals surface area contributed by atoms with E-state index in [1.807, 2.05) is 18.2 Å². The van der Waals surface area contributed by atoms with Crippen LogP contribution in [0.25, 0.3) is 0 Å². The van der Waals surface area contributed by atoms with Gasteiger partial charge in [-0.3, -0.25) is 4.79 Å². The molecule has 0 aliphatic rings. The summed E-state index contributed by atoms with van der Waals surface area (Å²) in [5, 5.41) is 3.50. The first kappa shape index (κ1) is 8.81. The molecule has 1 rings (SSSR count). The molecule has 0 aromatic heterocycles. The summed E-state index contributed by atoms with van der Waals surface area (Å²) in [6, 6.07) is 7.32. The molecule has 0 fully saturated rings. The van der Waals surface area contributed by atoms with Gasteiger partial charge in [-0.05, 0) is 18.2 Å². The summed E-state index contributed by atoms with van der Waals surface area (Å²) in [6.07, 6.45) is 3.60. The molecule has 0 spiro atoms. The maximum atomic E-state index is 9.92. The lowest BCUT2D eigenvalue weighted by Gasteiger charge is -2.00. The van der Waals surface area contributed by atoms with Crippen molar-refractivity contribution in [3.63, 3.8) is 0 Å². The fraction of sp³-hybridized carbons (Fsp3) is 0. The lowest BCUT2D eigenvalue weighted by atomic mass is 10.3. The quantitative estimate of drug-likeness (QED) is 0.574. The third-order valence-corrected chi connectivity index (χ3v) is 1.62. The Morgan fingerprint density at radius 1 is 1.33 bits per heavy atom. The van der Waals surface area contributed by atoms with E-state index < -0.39 is 0 Å². The van der Waals surface area contributed by atoms with Gasteiger partial charge in [0, 0.05) is 6.20 Å². The number of anilines is 1. The molecule has 62 valence electrons. The fourth-order valence-corrected chi connectivity index (χ4v) is 0.946. The number of rotatable bonds is 3. The molecule has 0 saturated carbocycles. The van der Waals surface area contributed by atoms with E-state index in [0.29, 0.717) is 11.3 Å². The maximum Gasteiger partial charge on any atom is 0.144 e. The molecule has 1 aromatic carbocycles. The summed E-state index contributed by atoms with van der Waals surface area (Å²) in [4.78, 5) is 9.92. The Bertz CT molecular complexity index is 296. The molecule has 0 bridgehead atoms. The number of para-hydroxylation sites is 1. The van der Waals surface area contributed by atoms with Crippen LogP contribution >= 0.6 is 11.6 Å². The number of benzene rings is 1. The molecule has 0 unspecified atom stereocenters. The summed E-state index contributed by atoms with van der Waals surface area (Å²) in [5.41, 5.74) is 0.789. The monoisotopic (exact) mass is 181 g/mol. The zero-order valence-electron chi connectivity index (χ0n) is 6.33. The Labute approximate surface area is 75.9 Å². The molecule has 0 radical (unpaired) electrons. The van der Waals surface area contributed by atoms with Gasteiger partial charge < -0.3 is 5.32 Å². The average Bonchev–Trinajstić information content (AvgIpc) is 2.09. The van der Waals surface area contributed by atoms with Crippen LogP contribution in [0.2, 0.25) is 5.02 Å². The van der Waals surface area contributed by atoms with Gasteiger partial charge in [0.1, 0.15) is 6.29 Å². The predicted molar refractivity (Wildman–Crippen MR) is 50.3 cm³/mol. The first-order chi connectivity index (χ1) is 5.84. The number of hydrogen-bond acceptors (Lipinski definition) is 2. The maximum absolute atomic E-state index is 9.92. The highest BCUT2D eigenvalue weighted by Crippen LogP contribution is 2.19. The van der Waals surface area contributed by atoms with Crippen LogP contribution in [0.4, 0.5) is 5.69 Å². The summed E-state index contributed by atoms with van der Waals surface area (Å²) in [6.45, 7) is 0. The molecule has 0 aliphatic carbocycles. The van der Waals surface area contributed by atoms with Gasteiger partial charge in [-0.25, -0.2) is 0 Å². The van der Waals surface area contributed by atoms with Gasteiger partial charge in [0.05, 0.1) is 10.7 Å². The molecular weight excluding hydrogens is 174 g/mol. The highest BCUT2D eigenvalue weighted by molar-refractivity contribution is 6.33.